The molecule has 0 spiro atoms. The van der Waals surface area contributed by atoms with Crippen molar-refractivity contribution in [3.8, 4) is 5.75 Å². The Labute approximate surface area is 84.2 Å². The van der Waals surface area contributed by atoms with Crippen molar-refractivity contribution in [2.75, 3.05) is 7.11 Å². The van der Waals surface area contributed by atoms with E-state index in [1.165, 1.54) is 7.11 Å². The second kappa shape index (κ2) is 4.12. The lowest BCUT2D eigenvalue weighted by Gasteiger charge is -2.09. The van der Waals surface area contributed by atoms with Crippen LogP contribution in [0.1, 0.15) is 5.56 Å². The fraction of sp³-hybridized carbons (Fsp3) is 0.250. The molecule has 2 nitrogen and oxygen atoms in total. The Kier molecular flexibility index (Phi) is 3.38. The molecule has 1 aromatic carbocycles. The molecule has 66 valence electrons. The summed E-state index contributed by atoms with van der Waals surface area (Å²) in [5.41, 5.74) is 0.605. The summed E-state index contributed by atoms with van der Waals surface area (Å²) < 4.78 is 5.85. The zero-order chi connectivity index (χ0) is 9.14. The van der Waals surface area contributed by atoms with E-state index in [9.17, 15) is 0 Å². The first-order valence-electron chi connectivity index (χ1n) is 3.32. The van der Waals surface area contributed by atoms with E-state index in [2.05, 4.69) is 15.9 Å². The Morgan fingerprint density at radius 2 is 2.25 bits per heavy atom. The number of halogens is 2. The molecule has 0 atom stereocenters. The largest absolute Gasteiger partial charge is 0.495 e. The number of ether oxygens (including phenoxy) is 1. The van der Waals surface area contributed by atoms with Gasteiger partial charge in [-0.05, 0) is 28.1 Å². The Balaban J connectivity index is 3.28. The van der Waals surface area contributed by atoms with Crippen LogP contribution in [0.5, 0.6) is 5.75 Å². The average Bonchev–Trinajstić information content (AvgIpc) is 2.08. The topological polar surface area (TPSA) is 29.5 Å². The molecule has 0 fully saturated rings. The molecule has 1 N–H and O–H groups in total. The van der Waals surface area contributed by atoms with E-state index >= 15 is 0 Å². The molecule has 0 aromatic heterocycles. The van der Waals surface area contributed by atoms with Crippen molar-refractivity contribution in [1.29, 1.82) is 0 Å². The molecule has 0 heterocycles. The number of aliphatic hydroxyl groups excluding tert-OH is 1. The van der Waals surface area contributed by atoms with Gasteiger partial charge in [-0.25, -0.2) is 0 Å². The van der Waals surface area contributed by atoms with Gasteiger partial charge in [0.15, 0.2) is 0 Å². The highest BCUT2D eigenvalue weighted by Gasteiger charge is 2.09. The molecule has 0 aliphatic rings. The molecule has 0 radical (unpaired) electrons. The van der Waals surface area contributed by atoms with Gasteiger partial charge in [0.2, 0.25) is 0 Å². The minimum absolute atomic E-state index is 0.124. The molecular formula is C8H8BrClO2. The smallest absolute Gasteiger partial charge is 0.140 e. The van der Waals surface area contributed by atoms with Crippen molar-refractivity contribution in [3.05, 3.63) is 27.2 Å². The van der Waals surface area contributed by atoms with Crippen LogP contribution in [0.2, 0.25) is 5.02 Å². The van der Waals surface area contributed by atoms with Crippen LogP contribution in [-0.2, 0) is 6.61 Å². The summed E-state index contributed by atoms with van der Waals surface area (Å²) in [6.07, 6.45) is 0. The van der Waals surface area contributed by atoms with E-state index < -0.39 is 0 Å². The minimum Gasteiger partial charge on any atom is -0.495 e. The van der Waals surface area contributed by atoms with Crippen molar-refractivity contribution in [3.63, 3.8) is 0 Å². The van der Waals surface area contributed by atoms with E-state index in [1.54, 1.807) is 12.1 Å². The molecule has 1 rings (SSSR count). The highest BCUT2D eigenvalue weighted by Crippen LogP contribution is 2.33. The molecule has 0 aliphatic carbocycles. The SMILES string of the molecule is COc1c(Br)ccc(Cl)c1CO. The number of hydrogen-bond acceptors (Lipinski definition) is 2. The van der Waals surface area contributed by atoms with Crippen LogP contribution in [0.15, 0.2) is 16.6 Å². The average molecular weight is 252 g/mol. The fourth-order valence-corrected chi connectivity index (χ4v) is 1.69. The molecule has 12 heavy (non-hydrogen) atoms. The number of rotatable bonds is 2. The summed E-state index contributed by atoms with van der Waals surface area (Å²) in [5, 5.41) is 9.48. The van der Waals surface area contributed by atoms with Gasteiger partial charge in [-0.3, -0.25) is 0 Å². The van der Waals surface area contributed by atoms with Crippen LogP contribution in [0.3, 0.4) is 0 Å². The number of hydrogen-bond donors (Lipinski definition) is 1. The molecule has 4 heteroatoms. The normalized spacial score (nSPS) is 10.0. The van der Waals surface area contributed by atoms with Gasteiger partial charge in [0.25, 0.3) is 0 Å². The van der Waals surface area contributed by atoms with Crippen LogP contribution in [0.4, 0.5) is 0 Å². The third-order valence-corrected chi connectivity index (χ3v) is 2.50. The monoisotopic (exact) mass is 250 g/mol. The summed E-state index contributed by atoms with van der Waals surface area (Å²) in [6, 6.07) is 3.49. The van der Waals surface area contributed by atoms with Crippen LogP contribution in [-0.4, -0.2) is 12.2 Å². The lowest BCUT2D eigenvalue weighted by molar-refractivity contribution is 0.273. The number of methoxy groups -OCH3 is 1. The second-order valence-electron chi connectivity index (χ2n) is 2.20. The fourth-order valence-electron chi connectivity index (χ4n) is 0.943. The van der Waals surface area contributed by atoms with Crippen LogP contribution in [0.25, 0.3) is 0 Å². The third kappa shape index (κ3) is 1.73. The number of benzene rings is 1. The van der Waals surface area contributed by atoms with Crippen LogP contribution in [0, 0.1) is 0 Å². The predicted molar refractivity (Wildman–Crippen MR) is 51.6 cm³/mol. The van der Waals surface area contributed by atoms with Gasteiger partial charge in [-0.15, -0.1) is 0 Å². The van der Waals surface area contributed by atoms with Crippen molar-refractivity contribution < 1.29 is 9.84 Å². The molecule has 0 unspecified atom stereocenters. The maximum Gasteiger partial charge on any atom is 0.140 e. The zero-order valence-corrected chi connectivity index (χ0v) is 8.82. The van der Waals surface area contributed by atoms with Gasteiger partial charge >= 0.3 is 0 Å². The van der Waals surface area contributed by atoms with Crippen LogP contribution < -0.4 is 4.74 Å². The molecule has 0 bridgehead atoms. The first-order chi connectivity index (χ1) is 5.70. The standard InChI is InChI=1S/C8H8BrClO2/c1-12-8-5(4-11)7(10)3-2-6(8)9/h2-3,11H,4H2,1H3. The first kappa shape index (κ1) is 9.84. The molecular weight excluding hydrogens is 243 g/mol. The summed E-state index contributed by atoms with van der Waals surface area (Å²) in [4.78, 5) is 0. The van der Waals surface area contributed by atoms with Crippen molar-refractivity contribution in [2.45, 2.75) is 6.61 Å². The van der Waals surface area contributed by atoms with Gasteiger partial charge in [0, 0.05) is 10.6 Å². The van der Waals surface area contributed by atoms with Crippen molar-refractivity contribution >= 4 is 27.5 Å². The molecule has 0 saturated heterocycles. The van der Waals surface area contributed by atoms with Crippen molar-refractivity contribution in [2.24, 2.45) is 0 Å². The predicted octanol–water partition coefficient (Wildman–Crippen LogP) is 2.60. The van der Waals surface area contributed by atoms with Crippen molar-refractivity contribution in [1.82, 2.24) is 0 Å². The highest BCUT2D eigenvalue weighted by atomic mass is 79.9. The molecule has 0 saturated carbocycles. The van der Waals surface area contributed by atoms with Gasteiger partial charge < -0.3 is 9.84 Å². The summed E-state index contributed by atoms with van der Waals surface area (Å²) >= 11 is 9.11. The van der Waals surface area contributed by atoms with E-state index in [-0.39, 0.29) is 6.61 Å². The van der Waals surface area contributed by atoms with E-state index in [4.69, 9.17) is 21.4 Å². The quantitative estimate of drug-likeness (QED) is 0.875. The lowest BCUT2D eigenvalue weighted by atomic mass is 10.2. The van der Waals surface area contributed by atoms with E-state index in [1.807, 2.05) is 0 Å². The van der Waals surface area contributed by atoms with Gasteiger partial charge in [-0.1, -0.05) is 11.6 Å². The Hall–Kier alpha value is -0.250. The highest BCUT2D eigenvalue weighted by molar-refractivity contribution is 9.10. The Morgan fingerprint density at radius 3 is 2.67 bits per heavy atom. The summed E-state index contributed by atoms with van der Waals surface area (Å²) in [5.74, 6) is 0.588. The first-order valence-corrected chi connectivity index (χ1v) is 4.49. The van der Waals surface area contributed by atoms with E-state index in [0.29, 0.717) is 16.3 Å². The minimum atomic E-state index is -0.124. The molecule has 0 amide bonds. The molecule has 0 aliphatic heterocycles. The summed E-state index contributed by atoms with van der Waals surface area (Å²) in [6.45, 7) is -0.124. The second-order valence-corrected chi connectivity index (χ2v) is 3.46. The maximum atomic E-state index is 8.97. The van der Waals surface area contributed by atoms with E-state index in [0.717, 1.165) is 4.47 Å². The maximum absolute atomic E-state index is 8.97. The Morgan fingerprint density at radius 1 is 1.58 bits per heavy atom. The summed E-state index contributed by atoms with van der Waals surface area (Å²) in [7, 11) is 1.54. The van der Waals surface area contributed by atoms with Crippen LogP contribution >= 0.6 is 27.5 Å². The van der Waals surface area contributed by atoms with Gasteiger partial charge in [-0.2, -0.15) is 0 Å². The number of aliphatic hydroxyl groups is 1. The van der Waals surface area contributed by atoms with Gasteiger partial charge in [0.1, 0.15) is 5.75 Å². The molecule has 1 aromatic rings. The third-order valence-electron chi connectivity index (χ3n) is 1.52. The lowest BCUT2D eigenvalue weighted by Crippen LogP contribution is -1.93. The van der Waals surface area contributed by atoms with Gasteiger partial charge in [0.05, 0.1) is 18.2 Å². The zero-order valence-electron chi connectivity index (χ0n) is 6.47. The Bertz CT molecular complexity index is 260.